The van der Waals surface area contributed by atoms with Crippen LogP contribution < -0.4 is 10.9 Å². The molecule has 2 heterocycles. The monoisotopic (exact) mass is 452 g/mol. The first-order valence-corrected chi connectivity index (χ1v) is 11.4. The molecule has 0 radical (unpaired) electrons. The molecule has 0 spiro atoms. The fourth-order valence-electron chi connectivity index (χ4n) is 5.15. The smallest absolute Gasteiger partial charge is 0.261 e. The lowest BCUT2D eigenvalue weighted by Gasteiger charge is -2.35. The third-order valence-electron chi connectivity index (χ3n) is 7.05. The number of aromatic nitrogens is 1. The van der Waals surface area contributed by atoms with E-state index in [9.17, 15) is 18.4 Å². The van der Waals surface area contributed by atoms with Crippen molar-refractivity contribution in [3.8, 4) is 0 Å². The number of nitrogens with zero attached hydrogens (tertiary/aromatic N) is 1. The Kier molecular flexibility index (Phi) is 5.74. The summed E-state index contributed by atoms with van der Waals surface area (Å²) < 4.78 is 35.8. The van der Waals surface area contributed by atoms with Crippen molar-refractivity contribution in [2.75, 3.05) is 13.2 Å². The van der Waals surface area contributed by atoms with Crippen molar-refractivity contribution in [3.05, 3.63) is 81.3 Å². The van der Waals surface area contributed by atoms with E-state index in [0.29, 0.717) is 30.9 Å². The molecule has 2 aliphatic rings. The van der Waals surface area contributed by atoms with E-state index in [1.165, 1.54) is 28.8 Å². The third-order valence-corrected chi connectivity index (χ3v) is 7.05. The van der Waals surface area contributed by atoms with Crippen molar-refractivity contribution in [1.82, 2.24) is 9.88 Å². The molecule has 2 fully saturated rings. The lowest BCUT2D eigenvalue weighted by Crippen LogP contribution is -2.38. The minimum atomic E-state index is -0.653. The third kappa shape index (κ3) is 3.84. The van der Waals surface area contributed by atoms with Gasteiger partial charge in [-0.05, 0) is 55.9 Å². The molecule has 2 atom stereocenters. The van der Waals surface area contributed by atoms with Crippen LogP contribution in [0, 0.1) is 24.5 Å². The summed E-state index contributed by atoms with van der Waals surface area (Å²) in [6, 6.07) is 10.0. The zero-order chi connectivity index (χ0) is 23.1. The van der Waals surface area contributed by atoms with Crippen LogP contribution in [0.2, 0.25) is 0 Å². The van der Waals surface area contributed by atoms with Crippen LogP contribution in [0.1, 0.15) is 59.4 Å². The van der Waals surface area contributed by atoms with Gasteiger partial charge in [0.1, 0.15) is 11.6 Å². The molecule has 0 bridgehead atoms. The van der Waals surface area contributed by atoms with Gasteiger partial charge in [0, 0.05) is 17.7 Å². The van der Waals surface area contributed by atoms with Crippen LogP contribution in [-0.2, 0) is 4.74 Å². The number of fused-ring (bicyclic) bond motifs is 1. The molecule has 1 saturated heterocycles. The maximum atomic E-state index is 14.8. The number of carbonyl (C=O) groups excluding carboxylic acids is 1. The van der Waals surface area contributed by atoms with Gasteiger partial charge >= 0.3 is 0 Å². The fourth-order valence-corrected chi connectivity index (χ4v) is 5.15. The molecular weight excluding hydrogens is 426 g/mol. The zero-order valence-electron chi connectivity index (χ0n) is 18.4. The summed E-state index contributed by atoms with van der Waals surface area (Å²) >= 11 is 0. The van der Waals surface area contributed by atoms with Crippen molar-refractivity contribution in [2.24, 2.45) is 5.92 Å². The van der Waals surface area contributed by atoms with Gasteiger partial charge in [0.05, 0.1) is 29.6 Å². The van der Waals surface area contributed by atoms with E-state index < -0.39 is 17.3 Å². The minimum absolute atomic E-state index is 0.0916. The quantitative estimate of drug-likeness (QED) is 0.604. The van der Waals surface area contributed by atoms with Gasteiger partial charge in [0.15, 0.2) is 0 Å². The molecule has 2 aromatic carbocycles. The van der Waals surface area contributed by atoms with Gasteiger partial charge in [-0.15, -0.1) is 0 Å². The largest absolute Gasteiger partial charge is 0.379 e. The van der Waals surface area contributed by atoms with Crippen LogP contribution >= 0.6 is 0 Å². The first kappa shape index (κ1) is 21.8. The highest BCUT2D eigenvalue weighted by Crippen LogP contribution is 2.38. The molecule has 1 unspecified atom stereocenters. The van der Waals surface area contributed by atoms with E-state index in [1.54, 1.807) is 19.1 Å². The highest BCUT2D eigenvalue weighted by molar-refractivity contribution is 6.08. The van der Waals surface area contributed by atoms with Gasteiger partial charge in [-0.1, -0.05) is 30.7 Å². The van der Waals surface area contributed by atoms with Crippen molar-refractivity contribution >= 4 is 16.7 Å². The number of carbonyl (C=O) groups is 1. The standard InChI is InChI=1S/C26H26F2N2O3/c1-15-22(25(31)29-24(16-5-2-6-16)17-7-3-8-18(27)13-17)20-9-4-10-21(28)23(20)26(32)30(15)19-11-12-33-14-19/h3-4,7-10,13,16,19,24H,2,5-6,11-12,14H2,1H3,(H,29,31)/t19?,24-/m0/s1. The Morgan fingerprint density at radius 2 is 1.94 bits per heavy atom. The number of rotatable bonds is 5. The Morgan fingerprint density at radius 3 is 2.61 bits per heavy atom. The molecule has 172 valence electrons. The molecule has 33 heavy (non-hydrogen) atoms. The SMILES string of the molecule is Cc1c(C(=O)N[C@H](c2cccc(F)c2)C2CCC2)c2cccc(F)c2c(=O)n1C1CCOC1. The van der Waals surface area contributed by atoms with Gasteiger partial charge in [0.2, 0.25) is 0 Å². The van der Waals surface area contributed by atoms with Crippen LogP contribution in [0.25, 0.3) is 10.8 Å². The number of ether oxygens (including phenoxy) is 1. The molecule has 5 nitrogen and oxygen atoms in total. The summed E-state index contributed by atoms with van der Waals surface area (Å²) in [6.45, 7) is 2.58. The molecule has 1 aliphatic heterocycles. The summed E-state index contributed by atoms with van der Waals surface area (Å²) in [5.74, 6) is -1.20. The van der Waals surface area contributed by atoms with E-state index in [4.69, 9.17) is 4.74 Å². The van der Waals surface area contributed by atoms with Gasteiger partial charge in [0.25, 0.3) is 11.5 Å². The van der Waals surface area contributed by atoms with Gasteiger partial charge in [-0.2, -0.15) is 0 Å². The van der Waals surface area contributed by atoms with E-state index in [0.717, 1.165) is 19.3 Å². The predicted molar refractivity (Wildman–Crippen MR) is 121 cm³/mol. The fraction of sp³-hybridized carbons (Fsp3) is 0.385. The van der Waals surface area contributed by atoms with Crippen LogP contribution in [0.15, 0.2) is 47.3 Å². The van der Waals surface area contributed by atoms with E-state index >= 15 is 0 Å². The van der Waals surface area contributed by atoms with E-state index in [2.05, 4.69) is 5.32 Å². The highest BCUT2D eigenvalue weighted by Gasteiger charge is 2.32. The first-order chi connectivity index (χ1) is 16.0. The molecule has 1 amide bonds. The summed E-state index contributed by atoms with van der Waals surface area (Å²) in [4.78, 5) is 27.0. The van der Waals surface area contributed by atoms with E-state index in [1.807, 2.05) is 6.07 Å². The summed E-state index contributed by atoms with van der Waals surface area (Å²) in [5.41, 5.74) is 1.02. The number of hydrogen-bond acceptors (Lipinski definition) is 3. The van der Waals surface area contributed by atoms with Crippen LogP contribution in [0.4, 0.5) is 8.78 Å². The zero-order valence-corrected chi connectivity index (χ0v) is 18.4. The minimum Gasteiger partial charge on any atom is -0.379 e. The van der Waals surface area contributed by atoms with Gasteiger partial charge in [-0.3, -0.25) is 9.59 Å². The lowest BCUT2D eigenvalue weighted by atomic mass is 9.77. The van der Waals surface area contributed by atoms with Crippen LogP contribution in [-0.4, -0.2) is 23.7 Å². The molecular formula is C26H26F2N2O3. The molecule has 1 N–H and O–H groups in total. The molecule has 3 aromatic rings. The molecule has 1 saturated carbocycles. The number of amides is 1. The van der Waals surface area contributed by atoms with Crippen molar-refractivity contribution < 1.29 is 18.3 Å². The number of nitrogens with one attached hydrogen (secondary N) is 1. The Balaban J connectivity index is 1.63. The Morgan fingerprint density at radius 1 is 1.15 bits per heavy atom. The number of benzene rings is 2. The summed E-state index contributed by atoms with van der Waals surface area (Å²) in [7, 11) is 0. The molecule has 1 aromatic heterocycles. The normalized spacial score (nSPS) is 19.4. The maximum Gasteiger partial charge on any atom is 0.261 e. The number of pyridine rings is 1. The molecule has 5 rings (SSSR count). The second-order valence-corrected chi connectivity index (χ2v) is 9.01. The Labute approximate surface area is 190 Å². The number of halogens is 2. The number of hydrogen-bond donors (Lipinski definition) is 1. The summed E-state index contributed by atoms with van der Waals surface area (Å²) in [5, 5.41) is 3.29. The second-order valence-electron chi connectivity index (χ2n) is 9.01. The van der Waals surface area contributed by atoms with E-state index in [-0.39, 0.29) is 40.2 Å². The lowest BCUT2D eigenvalue weighted by molar-refractivity contribution is 0.0900. The molecule has 7 heteroatoms. The first-order valence-electron chi connectivity index (χ1n) is 11.4. The van der Waals surface area contributed by atoms with Crippen molar-refractivity contribution in [2.45, 2.75) is 44.7 Å². The Hall–Kier alpha value is -3.06. The molecule has 1 aliphatic carbocycles. The van der Waals surface area contributed by atoms with Crippen LogP contribution in [0.3, 0.4) is 0 Å². The van der Waals surface area contributed by atoms with Crippen molar-refractivity contribution in [1.29, 1.82) is 0 Å². The van der Waals surface area contributed by atoms with Gasteiger partial charge in [-0.25, -0.2) is 8.78 Å². The van der Waals surface area contributed by atoms with Crippen LogP contribution in [0.5, 0.6) is 0 Å². The average molecular weight is 453 g/mol. The Bertz CT molecular complexity index is 1280. The predicted octanol–water partition coefficient (Wildman–Crippen LogP) is 4.82. The topological polar surface area (TPSA) is 60.3 Å². The maximum absolute atomic E-state index is 14.8. The highest BCUT2D eigenvalue weighted by atomic mass is 19.1. The average Bonchev–Trinajstić information content (AvgIpc) is 3.26. The summed E-state index contributed by atoms with van der Waals surface area (Å²) in [6.07, 6.45) is 3.56. The second kappa shape index (κ2) is 8.71. The van der Waals surface area contributed by atoms with Gasteiger partial charge < -0.3 is 14.6 Å². The van der Waals surface area contributed by atoms with Crippen molar-refractivity contribution in [3.63, 3.8) is 0 Å².